The number of carbonyl (C=O) groups excluding carboxylic acids is 1. The van der Waals surface area contributed by atoms with Gasteiger partial charge in [-0.3, -0.25) is 4.79 Å². The largest absolute Gasteiger partial charge is 0.481 e. The third-order valence-electron chi connectivity index (χ3n) is 3.11. The molecule has 4 nitrogen and oxygen atoms in total. The zero-order chi connectivity index (χ0) is 15.1. The fourth-order valence-electron chi connectivity index (χ4n) is 1.72. The van der Waals surface area contributed by atoms with Crippen molar-refractivity contribution in [2.24, 2.45) is 5.73 Å². The van der Waals surface area contributed by atoms with Gasteiger partial charge in [0.2, 0.25) is 0 Å². The predicted octanol–water partition coefficient (Wildman–Crippen LogP) is 2.63. The molecule has 0 saturated carbocycles. The molecule has 0 aromatic heterocycles. The van der Waals surface area contributed by atoms with Crippen LogP contribution in [-0.4, -0.2) is 24.6 Å². The molecule has 1 amide bonds. The molecule has 20 heavy (non-hydrogen) atoms. The van der Waals surface area contributed by atoms with Gasteiger partial charge in [0.25, 0.3) is 5.91 Å². The van der Waals surface area contributed by atoms with E-state index in [-0.39, 0.29) is 11.9 Å². The zero-order valence-corrected chi connectivity index (χ0v) is 13.9. The fourth-order valence-corrected chi connectivity index (χ4v) is 2.13. The van der Waals surface area contributed by atoms with Crippen LogP contribution < -0.4 is 15.8 Å². The van der Waals surface area contributed by atoms with Gasteiger partial charge in [-0.15, -0.1) is 0 Å². The van der Waals surface area contributed by atoms with E-state index < -0.39 is 6.10 Å². The van der Waals surface area contributed by atoms with Crippen LogP contribution in [0.25, 0.3) is 0 Å². The molecule has 3 N–H and O–H groups in total. The maximum absolute atomic E-state index is 12.0. The summed E-state index contributed by atoms with van der Waals surface area (Å²) in [5.41, 5.74) is 6.61. The van der Waals surface area contributed by atoms with Crippen LogP contribution in [0.4, 0.5) is 0 Å². The highest BCUT2D eigenvalue weighted by molar-refractivity contribution is 9.10. The minimum absolute atomic E-state index is 0.0963. The van der Waals surface area contributed by atoms with E-state index >= 15 is 0 Å². The fraction of sp³-hybridized carbons (Fsp3) is 0.533. The van der Waals surface area contributed by atoms with Crippen molar-refractivity contribution in [2.45, 2.75) is 45.8 Å². The van der Waals surface area contributed by atoms with E-state index in [1.165, 1.54) is 0 Å². The molecule has 0 aliphatic rings. The number of carbonyl (C=O) groups is 1. The Morgan fingerprint density at radius 3 is 2.75 bits per heavy atom. The average molecular weight is 343 g/mol. The molecule has 112 valence electrons. The Labute approximate surface area is 129 Å². The van der Waals surface area contributed by atoms with Gasteiger partial charge in [0.15, 0.2) is 6.10 Å². The smallest absolute Gasteiger partial charge is 0.260 e. The maximum Gasteiger partial charge on any atom is 0.260 e. The minimum Gasteiger partial charge on any atom is -0.481 e. The first kappa shape index (κ1) is 17.0. The topological polar surface area (TPSA) is 64.3 Å². The van der Waals surface area contributed by atoms with Crippen molar-refractivity contribution < 1.29 is 9.53 Å². The first-order chi connectivity index (χ1) is 9.47. The number of hydrogen-bond donors (Lipinski definition) is 2. The second-order valence-electron chi connectivity index (χ2n) is 4.87. The number of amides is 1. The van der Waals surface area contributed by atoms with Crippen LogP contribution in [0.15, 0.2) is 22.7 Å². The summed E-state index contributed by atoms with van der Waals surface area (Å²) in [6, 6.07) is 5.89. The van der Waals surface area contributed by atoms with Crippen LogP contribution in [0, 0.1) is 0 Å². The van der Waals surface area contributed by atoms with E-state index in [1.54, 1.807) is 6.92 Å². The van der Waals surface area contributed by atoms with Gasteiger partial charge in [0.05, 0.1) is 0 Å². The van der Waals surface area contributed by atoms with Crippen molar-refractivity contribution in [1.29, 1.82) is 0 Å². The number of hydrogen-bond acceptors (Lipinski definition) is 3. The molecule has 2 atom stereocenters. The minimum atomic E-state index is -0.526. The molecule has 0 spiro atoms. The molecule has 1 rings (SSSR count). The van der Waals surface area contributed by atoms with Crippen molar-refractivity contribution in [3.63, 3.8) is 0 Å². The van der Waals surface area contributed by atoms with Crippen molar-refractivity contribution in [3.8, 4) is 5.75 Å². The molecular formula is C15H23BrN2O2. The standard InChI is InChI=1S/C15H23BrN2O2/c1-4-10(2)18-15(19)11(3)20-14-6-5-13(16)9-12(14)7-8-17/h5-6,9-11H,4,7-8,17H2,1-3H3,(H,18,19). The summed E-state index contributed by atoms with van der Waals surface area (Å²) in [5, 5.41) is 2.91. The monoisotopic (exact) mass is 342 g/mol. The maximum atomic E-state index is 12.0. The Balaban J connectivity index is 2.74. The summed E-state index contributed by atoms with van der Waals surface area (Å²) in [5.74, 6) is 0.617. The summed E-state index contributed by atoms with van der Waals surface area (Å²) < 4.78 is 6.75. The third kappa shape index (κ3) is 5.13. The number of nitrogens with one attached hydrogen (secondary N) is 1. The van der Waals surface area contributed by atoms with E-state index in [9.17, 15) is 4.79 Å². The number of nitrogens with two attached hydrogens (primary N) is 1. The highest BCUT2D eigenvalue weighted by Crippen LogP contribution is 2.24. The number of ether oxygens (including phenoxy) is 1. The molecule has 0 saturated heterocycles. The Hall–Kier alpha value is -1.07. The first-order valence-electron chi connectivity index (χ1n) is 6.93. The first-order valence-corrected chi connectivity index (χ1v) is 7.72. The molecule has 0 aliphatic heterocycles. The van der Waals surface area contributed by atoms with E-state index in [2.05, 4.69) is 21.2 Å². The average Bonchev–Trinajstić information content (AvgIpc) is 2.41. The zero-order valence-electron chi connectivity index (χ0n) is 12.3. The Kier molecular flexibility index (Phi) is 7.02. The summed E-state index contributed by atoms with van der Waals surface area (Å²) in [4.78, 5) is 12.0. The second-order valence-corrected chi connectivity index (χ2v) is 5.78. The van der Waals surface area contributed by atoms with Crippen LogP contribution >= 0.6 is 15.9 Å². The highest BCUT2D eigenvalue weighted by Gasteiger charge is 2.17. The summed E-state index contributed by atoms with van der Waals surface area (Å²) >= 11 is 3.43. The predicted molar refractivity (Wildman–Crippen MR) is 84.9 cm³/mol. The lowest BCUT2D eigenvalue weighted by Gasteiger charge is -2.19. The van der Waals surface area contributed by atoms with Crippen LogP contribution in [0.2, 0.25) is 0 Å². The van der Waals surface area contributed by atoms with Gasteiger partial charge in [-0.25, -0.2) is 0 Å². The van der Waals surface area contributed by atoms with E-state index in [0.717, 1.165) is 16.5 Å². The van der Waals surface area contributed by atoms with Crippen LogP contribution in [0.3, 0.4) is 0 Å². The van der Waals surface area contributed by atoms with Gasteiger partial charge in [-0.2, -0.15) is 0 Å². The Morgan fingerprint density at radius 2 is 2.15 bits per heavy atom. The van der Waals surface area contributed by atoms with Gasteiger partial charge in [0, 0.05) is 10.5 Å². The summed E-state index contributed by atoms with van der Waals surface area (Å²) in [6.45, 7) is 6.31. The molecule has 0 aliphatic carbocycles. The van der Waals surface area contributed by atoms with Crippen molar-refractivity contribution in [2.75, 3.05) is 6.54 Å². The lowest BCUT2D eigenvalue weighted by Crippen LogP contribution is -2.41. The van der Waals surface area contributed by atoms with E-state index in [4.69, 9.17) is 10.5 Å². The van der Waals surface area contributed by atoms with E-state index in [1.807, 2.05) is 32.0 Å². The third-order valence-corrected chi connectivity index (χ3v) is 3.60. The molecule has 5 heteroatoms. The van der Waals surface area contributed by atoms with Crippen molar-refractivity contribution >= 4 is 21.8 Å². The van der Waals surface area contributed by atoms with Gasteiger partial charge >= 0.3 is 0 Å². The Bertz CT molecular complexity index is 451. The molecule has 0 bridgehead atoms. The van der Waals surface area contributed by atoms with Crippen LogP contribution in [-0.2, 0) is 11.2 Å². The number of rotatable bonds is 7. The second kappa shape index (κ2) is 8.27. The van der Waals surface area contributed by atoms with Gasteiger partial charge in [0.1, 0.15) is 5.75 Å². The molecule has 0 radical (unpaired) electrons. The van der Waals surface area contributed by atoms with Crippen LogP contribution in [0.1, 0.15) is 32.8 Å². The normalized spacial score (nSPS) is 13.7. The van der Waals surface area contributed by atoms with Crippen molar-refractivity contribution in [3.05, 3.63) is 28.2 Å². The Morgan fingerprint density at radius 1 is 1.45 bits per heavy atom. The highest BCUT2D eigenvalue weighted by atomic mass is 79.9. The van der Waals surface area contributed by atoms with Gasteiger partial charge < -0.3 is 15.8 Å². The van der Waals surface area contributed by atoms with E-state index in [0.29, 0.717) is 18.7 Å². The molecule has 0 fully saturated rings. The molecule has 1 aromatic rings. The molecule has 2 unspecified atom stereocenters. The molecular weight excluding hydrogens is 320 g/mol. The lowest BCUT2D eigenvalue weighted by molar-refractivity contribution is -0.127. The SMILES string of the molecule is CCC(C)NC(=O)C(C)Oc1ccc(Br)cc1CCN. The lowest BCUT2D eigenvalue weighted by atomic mass is 10.1. The quantitative estimate of drug-likeness (QED) is 0.800. The summed E-state index contributed by atoms with van der Waals surface area (Å²) in [7, 11) is 0. The molecule has 1 aromatic carbocycles. The van der Waals surface area contributed by atoms with Gasteiger partial charge in [-0.05, 0) is 57.0 Å². The molecule has 0 heterocycles. The van der Waals surface area contributed by atoms with Crippen LogP contribution in [0.5, 0.6) is 5.75 Å². The number of halogens is 1. The summed E-state index contributed by atoms with van der Waals surface area (Å²) in [6.07, 6.45) is 1.09. The number of benzene rings is 1. The van der Waals surface area contributed by atoms with Gasteiger partial charge in [-0.1, -0.05) is 22.9 Å². The van der Waals surface area contributed by atoms with Crippen molar-refractivity contribution in [1.82, 2.24) is 5.32 Å².